The maximum Gasteiger partial charge on any atom is 0.303 e. The largest absolute Gasteiger partial charge is 0.458 e. The first-order valence-electron chi connectivity index (χ1n) is 8.59. The fraction of sp³-hybridized carbons (Fsp3) is 0.824. The Bertz CT molecular complexity index is 508. The lowest BCUT2D eigenvalue weighted by molar-refractivity contribution is -0.285. The quantitative estimate of drug-likeness (QED) is 0.517. The van der Waals surface area contributed by atoms with Gasteiger partial charge in [-0.2, -0.15) is 17.0 Å². The molecule has 5 unspecified atom stereocenters. The van der Waals surface area contributed by atoms with Crippen LogP contribution in [0.2, 0.25) is 0 Å². The van der Waals surface area contributed by atoms with Crippen LogP contribution >= 0.6 is 11.8 Å². The number of fused-ring (bicyclic) bond motifs is 6. The third-order valence-corrected chi connectivity index (χ3v) is 5.32. The highest BCUT2D eigenvalue weighted by Gasteiger charge is 2.50. The number of hydrogen-bond donors (Lipinski definition) is 0. The minimum Gasteiger partial charge on any atom is -0.458 e. The Kier molecular flexibility index (Phi) is 8.00. The topological polar surface area (TPSA) is 94.8 Å². The van der Waals surface area contributed by atoms with Crippen molar-refractivity contribution in [2.24, 2.45) is 5.92 Å². The number of esters is 2. The second-order valence-corrected chi connectivity index (χ2v) is 7.35. The van der Waals surface area contributed by atoms with Crippen LogP contribution in [0.3, 0.4) is 0 Å². The zero-order valence-electron chi connectivity index (χ0n) is 14.6. The Balaban J connectivity index is 2.19. The molecule has 3 aliphatic rings. The van der Waals surface area contributed by atoms with Gasteiger partial charge >= 0.3 is 11.9 Å². The van der Waals surface area contributed by atoms with Gasteiger partial charge in [-0.05, 0) is 12.8 Å². The summed E-state index contributed by atoms with van der Waals surface area (Å²) in [6, 6.07) is 2.12. The summed E-state index contributed by atoms with van der Waals surface area (Å²) < 4.78 is 22.8. The van der Waals surface area contributed by atoms with Crippen LogP contribution < -0.4 is 0 Å². The Hall–Kier alpha value is -1.30. The summed E-state index contributed by atoms with van der Waals surface area (Å²) in [5.74, 6) is 0.458. The molecular formula is C17H25NO6S. The van der Waals surface area contributed by atoms with E-state index in [9.17, 15) is 9.59 Å². The van der Waals surface area contributed by atoms with Crippen LogP contribution in [0.5, 0.6) is 0 Å². The van der Waals surface area contributed by atoms with Crippen molar-refractivity contribution in [3.8, 4) is 6.07 Å². The van der Waals surface area contributed by atoms with E-state index < -0.39 is 30.4 Å². The summed E-state index contributed by atoms with van der Waals surface area (Å²) >= 11 is 1.63. The molecule has 2 bridgehead atoms. The molecule has 0 aromatic heterocycles. The molecule has 0 amide bonds. The summed E-state index contributed by atoms with van der Waals surface area (Å²) in [6.45, 7) is 3.18. The van der Waals surface area contributed by atoms with Gasteiger partial charge in [-0.15, -0.1) is 0 Å². The molecular weight excluding hydrogens is 346 g/mol. The fourth-order valence-corrected chi connectivity index (χ4v) is 4.23. The normalized spacial score (nSPS) is 32.0. The number of carbonyl (C=O) groups excluding carboxylic acids is 2. The zero-order valence-corrected chi connectivity index (χ0v) is 15.5. The van der Waals surface area contributed by atoms with Crippen LogP contribution in [0.1, 0.15) is 39.5 Å². The van der Waals surface area contributed by atoms with E-state index in [1.54, 1.807) is 11.8 Å². The molecule has 0 radical (unpaired) electrons. The molecule has 0 aromatic rings. The van der Waals surface area contributed by atoms with Gasteiger partial charge < -0.3 is 18.9 Å². The molecule has 8 heteroatoms. The Labute approximate surface area is 152 Å². The molecule has 7 nitrogen and oxygen atoms in total. The second kappa shape index (κ2) is 10.00. The predicted octanol–water partition coefficient (Wildman–Crippen LogP) is 2.04. The molecule has 0 N–H and O–H groups in total. The zero-order chi connectivity index (χ0) is 18.2. The lowest BCUT2D eigenvalue weighted by atomic mass is 9.85. The molecule has 3 saturated heterocycles. The van der Waals surface area contributed by atoms with Crippen molar-refractivity contribution < 1.29 is 28.5 Å². The highest BCUT2D eigenvalue weighted by Crippen LogP contribution is 2.37. The van der Waals surface area contributed by atoms with E-state index in [1.807, 2.05) is 0 Å². The van der Waals surface area contributed by atoms with Gasteiger partial charge in [-0.1, -0.05) is 6.42 Å². The van der Waals surface area contributed by atoms with Gasteiger partial charge in [0.1, 0.15) is 6.10 Å². The second-order valence-electron chi connectivity index (χ2n) is 6.20. The first-order chi connectivity index (χ1) is 12.0. The van der Waals surface area contributed by atoms with Crippen LogP contribution in [0.15, 0.2) is 0 Å². The smallest absolute Gasteiger partial charge is 0.303 e. The number of carbonyl (C=O) groups is 2. The van der Waals surface area contributed by atoms with E-state index in [0.717, 1.165) is 25.0 Å². The molecule has 140 valence electrons. The van der Waals surface area contributed by atoms with Crippen LogP contribution in [-0.4, -0.2) is 54.7 Å². The first kappa shape index (κ1) is 20.0. The molecule has 3 heterocycles. The minimum atomic E-state index is -0.759. The van der Waals surface area contributed by atoms with Gasteiger partial charge in [0.2, 0.25) is 0 Å². The molecule has 0 saturated carbocycles. The van der Waals surface area contributed by atoms with Gasteiger partial charge in [0.15, 0.2) is 12.4 Å². The third kappa shape index (κ3) is 5.87. The first-order valence-corrected chi connectivity index (χ1v) is 9.74. The Morgan fingerprint density at radius 2 is 1.92 bits per heavy atom. The fourth-order valence-electron chi connectivity index (χ4n) is 3.27. The number of thioether (sulfide) groups is 1. The average Bonchev–Trinajstić information content (AvgIpc) is 2.68. The predicted molar refractivity (Wildman–Crippen MR) is 90.6 cm³/mol. The highest BCUT2D eigenvalue weighted by molar-refractivity contribution is 7.99. The highest BCUT2D eigenvalue weighted by atomic mass is 32.2. The monoisotopic (exact) mass is 371 g/mol. The molecule has 0 aliphatic carbocycles. The average molecular weight is 371 g/mol. The van der Waals surface area contributed by atoms with Crippen molar-refractivity contribution in [3.05, 3.63) is 0 Å². The number of rotatable bonds is 6. The van der Waals surface area contributed by atoms with Gasteiger partial charge in [-0.3, -0.25) is 9.59 Å². The van der Waals surface area contributed by atoms with Crippen molar-refractivity contribution >= 4 is 23.7 Å². The van der Waals surface area contributed by atoms with Gasteiger partial charge in [0, 0.05) is 44.3 Å². The van der Waals surface area contributed by atoms with Crippen molar-refractivity contribution in [3.63, 3.8) is 0 Å². The lowest BCUT2D eigenvalue weighted by Crippen LogP contribution is -2.58. The standard InChI is InChI=1S/C17H25NO6S/c1-11(19)22-15-13-6-3-4-8-21-17(16(15)23-12(2)20)24-14(13)10-25-9-5-7-18/h13-17H,3-6,8-10H2,1-2H3. The number of ether oxygens (including phenoxy) is 4. The maximum atomic E-state index is 11.6. The van der Waals surface area contributed by atoms with Gasteiger partial charge in [-0.25, -0.2) is 0 Å². The van der Waals surface area contributed by atoms with E-state index in [2.05, 4.69) is 6.07 Å². The van der Waals surface area contributed by atoms with Gasteiger partial charge in [0.05, 0.1) is 12.2 Å². The molecule has 3 fully saturated rings. The summed E-state index contributed by atoms with van der Waals surface area (Å²) in [7, 11) is 0. The third-order valence-electron chi connectivity index (χ3n) is 4.26. The van der Waals surface area contributed by atoms with E-state index in [4.69, 9.17) is 24.2 Å². The number of hydrogen-bond acceptors (Lipinski definition) is 8. The van der Waals surface area contributed by atoms with E-state index >= 15 is 0 Å². The van der Waals surface area contributed by atoms with E-state index in [-0.39, 0.29) is 12.0 Å². The Morgan fingerprint density at radius 1 is 1.20 bits per heavy atom. The summed E-state index contributed by atoms with van der Waals surface area (Å²) in [4.78, 5) is 23.1. The molecule has 0 spiro atoms. The minimum absolute atomic E-state index is 0.0687. The molecule has 0 aromatic carbocycles. The Morgan fingerprint density at radius 3 is 2.60 bits per heavy atom. The van der Waals surface area contributed by atoms with Crippen LogP contribution in [0.25, 0.3) is 0 Å². The van der Waals surface area contributed by atoms with E-state index in [0.29, 0.717) is 18.8 Å². The van der Waals surface area contributed by atoms with E-state index in [1.165, 1.54) is 13.8 Å². The summed E-state index contributed by atoms with van der Waals surface area (Å²) in [6.07, 6.45) is 0.812. The van der Waals surface area contributed by atoms with Crippen LogP contribution in [-0.2, 0) is 28.5 Å². The van der Waals surface area contributed by atoms with Crippen molar-refractivity contribution in [2.75, 3.05) is 18.1 Å². The van der Waals surface area contributed by atoms with Gasteiger partial charge in [0.25, 0.3) is 0 Å². The molecule has 3 aliphatic heterocycles. The summed E-state index contributed by atoms with van der Waals surface area (Å²) in [5, 5.41) is 8.67. The lowest BCUT2D eigenvalue weighted by Gasteiger charge is -2.44. The van der Waals surface area contributed by atoms with Crippen molar-refractivity contribution in [2.45, 2.75) is 64.1 Å². The van der Waals surface area contributed by atoms with Crippen molar-refractivity contribution in [1.29, 1.82) is 5.26 Å². The van der Waals surface area contributed by atoms with Crippen molar-refractivity contribution in [1.82, 2.24) is 0 Å². The molecule has 25 heavy (non-hydrogen) atoms. The number of nitrogens with zero attached hydrogens (tertiary/aromatic N) is 1. The SMILES string of the molecule is CC(=O)OC1C2OCCCCC(C(CSCCC#N)O2)C1OC(C)=O. The molecule has 3 rings (SSSR count). The van der Waals surface area contributed by atoms with Crippen LogP contribution in [0.4, 0.5) is 0 Å². The number of nitriles is 1. The van der Waals surface area contributed by atoms with Crippen LogP contribution in [0, 0.1) is 17.2 Å². The molecule has 5 atom stereocenters. The maximum absolute atomic E-state index is 11.6. The summed E-state index contributed by atoms with van der Waals surface area (Å²) in [5.41, 5.74) is 0.